The number of nitrogens with zero attached hydrogens (tertiary/aromatic N) is 1. The van der Waals surface area contributed by atoms with Crippen LogP contribution in [-0.4, -0.2) is 29.9 Å². The van der Waals surface area contributed by atoms with Crippen LogP contribution in [0.4, 0.5) is 4.39 Å². The van der Waals surface area contributed by atoms with Gasteiger partial charge in [-0.05, 0) is 49.9 Å². The van der Waals surface area contributed by atoms with E-state index < -0.39 is 0 Å². The molecule has 0 aliphatic carbocycles. The number of carbonyl (C=O) groups excluding carboxylic acids is 1. The number of hydrogen-bond acceptors (Lipinski definition) is 2. The van der Waals surface area contributed by atoms with Gasteiger partial charge in [-0.1, -0.05) is 0 Å². The summed E-state index contributed by atoms with van der Waals surface area (Å²) in [6, 6.07) is 4.40. The molecule has 1 aromatic rings. The van der Waals surface area contributed by atoms with E-state index in [9.17, 15) is 9.18 Å². The Balaban J connectivity index is 2.13. The van der Waals surface area contributed by atoms with Gasteiger partial charge in [-0.25, -0.2) is 4.39 Å². The summed E-state index contributed by atoms with van der Waals surface area (Å²) in [6.45, 7) is 5.17. The molecule has 18 heavy (non-hydrogen) atoms. The molecule has 1 heterocycles. The number of benzene rings is 1. The zero-order chi connectivity index (χ0) is 13.3. The maximum absolute atomic E-state index is 13.0. The zero-order valence-electron chi connectivity index (χ0n) is 10.8. The third-order valence-corrected chi connectivity index (χ3v) is 3.67. The van der Waals surface area contributed by atoms with E-state index in [1.807, 2.05) is 11.8 Å². The number of amides is 1. The van der Waals surface area contributed by atoms with E-state index in [1.54, 1.807) is 13.0 Å². The average Bonchev–Trinajstić information content (AvgIpc) is 2.77. The fraction of sp³-hybridized carbons (Fsp3) is 0.500. The van der Waals surface area contributed by atoms with Gasteiger partial charge in [0.25, 0.3) is 5.91 Å². The van der Waals surface area contributed by atoms with Crippen molar-refractivity contribution in [3.8, 4) is 0 Å². The molecule has 2 atom stereocenters. The molecular weight excluding hydrogens is 231 g/mol. The Labute approximate surface area is 107 Å². The van der Waals surface area contributed by atoms with Crippen LogP contribution in [0.3, 0.4) is 0 Å². The first-order valence-electron chi connectivity index (χ1n) is 6.30. The lowest BCUT2D eigenvalue weighted by Crippen LogP contribution is -2.33. The van der Waals surface area contributed by atoms with Crippen molar-refractivity contribution in [3.05, 3.63) is 35.1 Å². The molecule has 2 unspecified atom stereocenters. The summed E-state index contributed by atoms with van der Waals surface area (Å²) in [5.41, 5.74) is 7.13. The van der Waals surface area contributed by atoms with E-state index in [-0.39, 0.29) is 17.8 Å². The number of carbonyl (C=O) groups is 1. The second-order valence-corrected chi connectivity index (χ2v) is 5.12. The second-order valence-electron chi connectivity index (χ2n) is 5.12. The number of nitrogens with two attached hydrogens (primary N) is 1. The summed E-state index contributed by atoms with van der Waals surface area (Å²) in [7, 11) is 0. The van der Waals surface area contributed by atoms with Gasteiger partial charge in [0.2, 0.25) is 0 Å². The number of hydrogen-bond donors (Lipinski definition) is 1. The predicted octanol–water partition coefficient (Wildman–Crippen LogP) is 1.94. The lowest BCUT2D eigenvalue weighted by atomic mass is 10.0. The van der Waals surface area contributed by atoms with Gasteiger partial charge in [0, 0.05) is 24.7 Å². The Hall–Kier alpha value is -1.42. The fourth-order valence-corrected chi connectivity index (χ4v) is 2.44. The van der Waals surface area contributed by atoms with Crippen LogP contribution in [0.2, 0.25) is 0 Å². The standard InChI is InChI=1S/C14H19FN2O/c1-9-7-12(15)3-4-13(9)14(18)17-6-5-11(8-17)10(2)16/h3-4,7,10-11H,5-6,8,16H2,1-2H3. The monoisotopic (exact) mass is 250 g/mol. The summed E-state index contributed by atoms with van der Waals surface area (Å²) >= 11 is 0. The molecule has 1 amide bonds. The lowest BCUT2D eigenvalue weighted by molar-refractivity contribution is 0.0785. The first kappa shape index (κ1) is 13.0. The highest BCUT2D eigenvalue weighted by molar-refractivity contribution is 5.95. The Morgan fingerprint density at radius 3 is 2.83 bits per heavy atom. The molecular formula is C14H19FN2O. The summed E-state index contributed by atoms with van der Waals surface area (Å²) in [5.74, 6) is 0.0456. The van der Waals surface area contributed by atoms with Gasteiger partial charge in [-0.15, -0.1) is 0 Å². The molecule has 0 aromatic heterocycles. The van der Waals surface area contributed by atoms with Crippen molar-refractivity contribution in [1.29, 1.82) is 0 Å². The van der Waals surface area contributed by atoms with Gasteiger partial charge in [-0.3, -0.25) is 4.79 Å². The van der Waals surface area contributed by atoms with E-state index in [1.165, 1.54) is 12.1 Å². The predicted molar refractivity (Wildman–Crippen MR) is 68.8 cm³/mol. The molecule has 1 saturated heterocycles. The number of likely N-dealkylation sites (tertiary alicyclic amines) is 1. The van der Waals surface area contributed by atoms with Crippen molar-refractivity contribution in [2.75, 3.05) is 13.1 Å². The summed E-state index contributed by atoms with van der Waals surface area (Å²) in [5, 5.41) is 0. The Bertz CT molecular complexity index is 459. The van der Waals surface area contributed by atoms with Crippen LogP contribution in [-0.2, 0) is 0 Å². The Morgan fingerprint density at radius 2 is 2.28 bits per heavy atom. The van der Waals surface area contributed by atoms with Crippen molar-refractivity contribution in [2.45, 2.75) is 26.3 Å². The minimum Gasteiger partial charge on any atom is -0.338 e. The van der Waals surface area contributed by atoms with E-state index in [0.717, 1.165) is 13.0 Å². The summed E-state index contributed by atoms with van der Waals surface area (Å²) in [6.07, 6.45) is 0.948. The first-order chi connectivity index (χ1) is 8.49. The van der Waals surface area contributed by atoms with Crippen LogP contribution < -0.4 is 5.73 Å². The van der Waals surface area contributed by atoms with Crippen LogP contribution in [0.25, 0.3) is 0 Å². The van der Waals surface area contributed by atoms with Crippen LogP contribution in [0.5, 0.6) is 0 Å². The van der Waals surface area contributed by atoms with Crippen LogP contribution in [0, 0.1) is 18.7 Å². The van der Waals surface area contributed by atoms with Crippen molar-refractivity contribution < 1.29 is 9.18 Å². The molecule has 0 bridgehead atoms. The van der Waals surface area contributed by atoms with Gasteiger partial charge in [0.05, 0.1) is 0 Å². The maximum atomic E-state index is 13.0. The number of aryl methyl sites for hydroxylation is 1. The summed E-state index contributed by atoms with van der Waals surface area (Å²) in [4.78, 5) is 14.1. The highest BCUT2D eigenvalue weighted by Gasteiger charge is 2.29. The molecule has 98 valence electrons. The Morgan fingerprint density at radius 1 is 1.56 bits per heavy atom. The molecule has 2 rings (SSSR count). The van der Waals surface area contributed by atoms with E-state index in [2.05, 4.69) is 0 Å². The fourth-order valence-electron chi connectivity index (χ4n) is 2.44. The van der Waals surface area contributed by atoms with Crippen molar-refractivity contribution in [1.82, 2.24) is 4.90 Å². The molecule has 1 fully saturated rings. The number of rotatable bonds is 2. The molecule has 3 nitrogen and oxygen atoms in total. The van der Waals surface area contributed by atoms with Gasteiger partial charge in [0.1, 0.15) is 5.82 Å². The van der Waals surface area contributed by atoms with Gasteiger partial charge in [-0.2, -0.15) is 0 Å². The van der Waals surface area contributed by atoms with E-state index in [0.29, 0.717) is 23.6 Å². The van der Waals surface area contributed by atoms with E-state index in [4.69, 9.17) is 5.73 Å². The van der Waals surface area contributed by atoms with E-state index >= 15 is 0 Å². The van der Waals surface area contributed by atoms with Crippen molar-refractivity contribution >= 4 is 5.91 Å². The number of halogens is 1. The largest absolute Gasteiger partial charge is 0.338 e. The SMILES string of the molecule is Cc1cc(F)ccc1C(=O)N1CCC(C(C)N)C1. The van der Waals surface area contributed by atoms with Gasteiger partial charge in [0.15, 0.2) is 0 Å². The minimum absolute atomic E-state index is 0.0179. The molecule has 1 aromatic carbocycles. The van der Waals surface area contributed by atoms with Crippen molar-refractivity contribution in [3.63, 3.8) is 0 Å². The minimum atomic E-state index is -0.307. The third kappa shape index (κ3) is 2.53. The zero-order valence-corrected chi connectivity index (χ0v) is 10.8. The molecule has 0 saturated carbocycles. The maximum Gasteiger partial charge on any atom is 0.254 e. The third-order valence-electron chi connectivity index (χ3n) is 3.67. The second kappa shape index (κ2) is 5.06. The van der Waals surface area contributed by atoms with Gasteiger partial charge < -0.3 is 10.6 Å². The smallest absolute Gasteiger partial charge is 0.254 e. The topological polar surface area (TPSA) is 46.3 Å². The molecule has 0 spiro atoms. The lowest BCUT2D eigenvalue weighted by Gasteiger charge is -2.19. The summed E-state index contributed by atoms with van der Waals surface area (Å²) < 4.78 is 13.0. The molecule has 1 aliphatic heterocycles. The molecule has 4 heteroatoms. The molecule has 1 aliphatic rings. The van der Waals surface area contributed by atoms with Crippen LogP contribution in [0.15, 0.2) is 18.2 Å². The normalized spacial score (nSPS) is 21.1. The Kier molecular flexibility index (Phi) is 3.66. The highest BCUT2D eigenvalue weighted by atomic mass is 19.1. The van der Waals surface area contributed by atoms with Crippen molar-refractivity contribution in [2.24, 2.45) is 11.7 Å². The molecule has 2 N–H and O–H groups in total. The van der Waals surface area contributed by atoms with Crippen LogP contribution >= 0.6 is 0 Å². The van der Waals surface area contributed by atoms with Crippen LogP contribution in [0.1, 0.15) is 29.3 Å². The quantitative estimate of drug-likeness (QED) is 0.872. The molecule has 0 radical (unpaired) electrons. The first-order valence-corrected chi connectivity index (χ1v) is 6.30. The average molecular weight is 250 g/mol. The van der Waals surface area contributed by atoms with Gasteiger partial charge >= 0.3 is 0 Å². The highest BCUT2D eigenvalue weighted by Crippen LogP contribution is 2.22.